The minimum atomic E-state index is -4.86. The standard InChI is InChI=1S/C3H5F4NO/c4-2(1-9-8)3(5,6)7/h2H,1,8H2. The molecule has 56 valence electrons. The molecule has 2 N–H and O–H groups in total. The predicted octanol–water partition coefficient (Wildman–Crippen LogP) is 0.777. The van der Waals surface area contributed by atoms with E-state index in [0.717, 1.165) is 0 Å². The van der Waals surface area contributed by atoms with Crippen LogP contribution in [0, 0.1) is 0 Å². The molecule has 0 bridgehead atoms. The monoisotopic (exact) mass is 147 g/mol. The van der Waals surface area contributed by atoms with E-state index in [1.807, 2.05) is 0 Å². The molecule has 0 rings (SSSR count). The number of halogens is 4. The van der Waals surface area contributed by atoms with Crippen molar-refractivity contribution >= 4 is 0 Å². The largest absolute Gasteiger partial charge is 0.422 e. The van der Waals surface area contributed by atoms with E-state index in [2.05, 4.69) is 10.7 Å². The molecule has 0 amide bonds. The topological polar surface area (TPSA) is 35.2 Å². The fourth-order valence-corrected chi connectivity index (χ4v) is 0.179. The van der Waals surface area contributed by atoms with Crippen molar-refractivity contribution in [2.45, 2.75) is 12.3 Å². The Kier molecular flexibility index (Phi) is 2.86. The zero-order valence-electron chi connectivity index (χ0n) is 4.28. The number of hydrogen-bond acceptors (Lipinski definition) is 2. The van der Waals surface area contributed by atoms with Crippen LogP contribution in [0.1, 0.15) is 0 Å². The van der Waals surface area contributed by atoms with Gasteiger partial charge in [0.05, 0.1) is 0 Å². The Morgan fingerprint density at radius 3 is 2.00 bits per heavy atom. The summed E-state index contributed by atoms with van der Waals surface area (Å²) in [6.45, 7) is -1.15. The van der Waals surface area contributed by atoms with Gasteiger partial charge >= 0.3 is 6.18 Å². The molecule has 0 aromatic carbocycles. The molecule has 0 saturated heterocycles. The van der Waals surface area contributed by atoms with Crippen LogP contribution in [-0.2, 0) is 4.84 Å². The van der Waals surface area contributed by atoms with Gasteiger partial charge in [-0.3, -0.25) is 0 Å². The molecular weight excluding hydrogens is 142 g/mol. The Labute approximate surface area is 48.5 Å². The van der Waals surface area contributed by atoms with Gasteiger partial charge in [0.2, 0.25) is 6.17 Å². The predicted molar refractivity (Wildman–Crippen MR) is 21.1 cm³/mol. The quantitative estimate of drug-likeness (QED) is 0.462. The van der Waals surface area contributed by atoms with Crippen molar-refractivity contribution in [2.75, 3.05) is 6.61 Å². The number of rotatable bonds is 2. The summed E-state index contributed by atoms with van der Waals surface area (Å²) in [6.07, 6.45) is -7.85. The van der Waals surface area contributed by atoms with Crippen molar-refractivity contribution in [1.29, 1.82) is 0 Å². The summed E-state index contributed by atoms with van der Waals surface area (Å²) in [5.74, 6) is 4.19. The van der Waals surface area contributed by atoms with E-state index < -0.39 is 19.0 Å². The summed E-state index contributed by atoms with van der Waals surface area (Å²) < 4.78 is 45.0. The third-order valence-corrected chi connectivity index (χ3v) is 0.598. The van der Waals surface area contributed by atoms with E-state index in [1.54, 1.807) is 0 Å². The van der Waals surface area contributed by atoms with E-state index in [-0.39, 0.29) is 0 Å². The van der Waals surface area contributed by atoms with Crippen LogP contribution < -0.4 is 5.90 Å². The first kappa shape index (κ1) is 8.64. The van der Waals surface area contributed by atoms with E-state index in [4.69, 9.17) is 0 Å². The summed E-state index contributed by atoms with van der Waals surface area (Å²) in [6, 6.07) is 0. The first-order chi connectivity index (χ1) is 3.98. The number of hydrogen-bond donors (Lipinski definition) is 1. The van der Waals surface area contributed by atoms with Crippen LogP contribution in [0.2, 0.25) is 0 Å². The molecule has 2 nitrogen and oxygen atoms in total. The van der Waals surface area contributed by atoms with Gasteiger partial charge in [-0.1, -0.05) is 0 Å². The molecule has 0 aromatic heterocycles. The molecule has 1 unspecified atom stereocenters. The van der Waals surface area contributed by atoms with Crippen molar-refractivity contribution < 1.29 is 22.4 Å². The lowest BCUT2D eigenvalue weighted by Gasteiger charge is -2.09. The zero-order valence-corrected chi connectivity index (χ0v) is 4.28. The van der Waals surface area contributed by atoms with Crippen molar-refractivity contribution in [1.82, 2.24) is 0 Å². The summed E-state index contributed by atoms with van der Waals surface area (Å²) in [5.41, 5.74) is 0. The van der Waals surface area contributed by atoms with Crippen LogP contribution in [-0.4, -0.2) is 19.0 Å². The normalized spacial score (nSPS) is 15.7. The molecule has 1 atom stereocenters. The van der Waals surface area contributed by atoms with E-state index in [9.17, 15) is 17.6 Å². The van der Waals surface area contributed by atoms with Gasteiger partial charge in [-0.2, -0.15) is 13.2 Å². The highest BCUT2D eigenvalue weighted by Gasteiger charge is 2.40. The van der Waals surface area contributed by atoms with Gasteiger partial charge in [-0.15, -0.1) is 0 Å². The number of alkyl halides is 4. The van der Waals surface area contributed by atoms with Crippen LogP contribution >= 0.6 is 0 Å². The van der Waals surface area contributed by atoms with Crippen molar-refractivity contribution in [3.8, 4) is 0 Å². The molecule has 0 radical (unpaired) electrons. The third-order valence-electron chi connectivity index (χ3n) is 0.598. The zero-order chi connectivity index (χ0) is 7.49. The van der Waals surface area contributed by atoms with Gasteiger partial charge in [0.25, 0.3) is 0 Å². The highest BCUT2D eigenvalue weighted by Crippen LogP contribution is 2.22. The molecule has 9 heavy (non-hydrogen) atoms. The molecule has 0 heterocycles. The maximum absolute atomic E-state index is 11.6. The lowest BCUT2D eigenvalue weighted by atomic mass is 10.4. The molecule has 6 heteroatoms. The second-order valence-electron chi connectivity index (χ2n) is 1.34. The van der Waals surface area contributed by atoms with E-state index >= 15 is 0 Å². The summed E-state index contributed by atoms with van der Waals surface area (Å²) in [4.78, 5) is 3.44. The molecule has 0 spiro atoms. The maximum Gasteiger partial charge on any atom is 0.422 e. The van der Waals surface area contributed by atoms with Crippen LogP contribution in [0.5, 0.6) is 0 Å². The fraction of sp³-hybridized carbons (Fsp3) is 1.00. The minimum Gasteiger partial charge on any atom is -0.301 e. The molecule has 0 fully saturated rings. The second kappa shape index (κ2) is 2.98. The average Bonchev–Trinajstić information content (AvgIpc) is 1.64. The first-order valence-electron chi connectivity index (χ1n) is 2.01. The maximum atomic E-state index is 11.6. The van der Waals surface area contributed by atoms with Gasteiger partial charge < -0.3 is 4.84 Å². The lowest BCUT2D eigenvalue weighted by molar-refractivity contribution is -0.194. The Hall–Kier alpha value is -0.360. The highest BCUT2D eigenvalue weighted by molar-refractivity contribution is 4.63. The first-order valence-corrected chi connectivity index (χ1v) is 2.01. The fourth-order valence-electron chi connectivity index (χ4n) is 0.179. The van der Waals surface area contributed by atoms with Crippen LogP contribution in [0.4, 0.5) is 17.6 Å². The highest BCUT2D eigenvalue weighted by atomic mass is 19.4. The Morgan fingerprint density at radius 1 is 1.44 bits per heavy atom. The molecule has 0 aliphatic rings. The molecule has 0 aliphatic carbocycles. The van der Waals surface area contributed by atoms with Gasteiger partial charge in [0, 0.05) is 0 Å². The molecule has 0 aliphatic heterocycles. The Bertz CT molecular complexity index is 82.4. The van der Waals surface area contributed by atoms with Crippen LogP contribution in [0.3, 0.4) is 0 Å². The van der Waals surface area contributed by atoms with Gasteiger partial charge in [0.15, 0.2) is 0 Å². The summed E-state index contributed by atoms with van der Waals surface area (Å²) in [7, 11) is 0. The van der Waals surface area contributed by atoms with E-state index in [0.29, 0.717) is 0 Å². The van der Waals surface area contributed by atoms with Gasteiger partial charge in [-0.05, 0) is 0 Å². The van der Waals surface area contributed by atoms with Crippen molar-refractivity contribution in [2.24, 2.45) is 5.90 Å². The second-order valence-corrected chi connectivity index (χ2v) is 1.34. The number of nitrogens with two attached hydrogens (primary N) is 1. The van der Waals surface area contributed by atoms with Gasteiger partial charge in [-0.25, -0.2) is 10.3 Å². The lowest BCUT2D eigenvalue weighted by Crippen LogP contribution is -2.30. The Morgan fingerprint density at radius 2 is 1.89 bits per heavy atom. The molecule has 0 aromatic rings. The average molecular weight is 147 g/mol. The summed E-state index contributed by atoms with van der Waals surface area (Å²) >= 11 is 0. The van der Waals surface area contributed by atoms with Gasteiger partial charge in [0.1, 0.15) is 6.61 Å². The van der Waals surface area contributed by atoms with Crippen molar-refractivity contribution in [3.05, 3.63) is 0 Å². The van der Waals surface area contributed by atoms with Crippen molar-refractivity contribution in [3.63, 3.8) is 0 Å². The Balaban J connectivity index is 3.59. The smallest absolute Gasteiger partial charge is 0.301 e. The van der Waals surface area contributed by atoms with Crippen LogP contribution in [0.25, 0.3) is 0 Å². The molecule has 0 saturated carbocycles. The minimum absolute atomic E-state index is 1.15. The summed E-state index contributed by atoms with van der Waals surface area (Å²) in [5, 5.41) is 0. The van der Waals surface area contributed by atoms with E-state index in [1.165, 1.54) is 0 Å². The SMILES string of the molecule is NOCC(F)C(F)(F)F. The van der Waals surface area contributed by atoms with Crippen LogP contribution in [0.15, 0.2) is 0 Å². The third kappa shape index (κ3) is 3.26. The molecular formula is C3H5F4NO.